The first-order valence-corrected chi connectivity index (χ1v) is 7.09. The molecule has 0 unspecified atom stereocenters. The first kappa shape index (κ1) is 16.0. The van der Waals surface area contributed by atoms with Crippen molar-refractivity contribution in [3.8, 4) is 5.75 Å². The maximum atomic E-state index is 12.2. The van der Waals surface area contributed by atoms with E-state index in [0.717, 1.165) is 25.9 Å². The number of carbonyl (C=O) groups excluding carboxylic acids is 1. The van der Waals surface area contributed by atoms with Gasteiger partial charge in [-0.2, -0.15) is 0 Å². The van der Waals surface area contributed by atoms with E-state index in [4.69, 9.17) is 16.3 Å². The number of hydrogen-bond acceptors (Lipinski definition) is 3. The maximum Gasteiger partial charge on any atom is 0.176 e. The van der Waals surface area contributed by atoms with Crippen molar-refractivity contribution in [3.63, 3.8) is 0 Å². The lowest BCUT2D eigenvalue weighted by Crippen LogP contribution is -2.30. The summed E-state index contributed by atoms with van der Waals surface area (Å²) in [5.74, 6) is 0.694. The number of Topliss-reactive ketones (excluding diaryl/α,β-unsaturated/α-hetero) is 1. The summed E-state index contributed by atoms with van der Waals surface area (Å²) < 4.78 is 5.08. The molecule has 3 nitrogen and oxygen atoms in total. The number of rotatable bonds is 8. The zero-order chi connectivity index (χ0) is 14.3. The number of methoxy groups -OCH3 is 1. The first-order chi connectivity index (χ1) is 9.12. The lowest BCUT2D eigenvalue weighted by Gasteiger charge is -2.19. The van der Waals surface area contributed by atoms with Crippen LogP contribution in [0.1, 0.15) is 37.0 Å². The van der Waals surface area contributed by atoms with Gasteiger partial charge >= 0.3 is 0 Å². The van der Waals surface area contributed by atoms with Crippen LogP contribution < -0.4 is 4.74 Å². The fraction of sp³-hybridized carbons (Fsp3) is 0.533. The van der Waals surface area contributed by atoms with Crippen molar-refractivity contribution in [2.45, 2.75) is 26.7 Å². The maximum absolute atomic E-state index is 12.2. The van der Waals surface area contributed by atoms with Gasteiger partial charge in [0.1, 0.15) is 5.75 Å². The molecule has 0 aliphatic carbocycles. The molecule has 0 bridgehead atoms. The van der Waals surface area contributed by atoms with Crippen molar-refractivity contribution in [1.82, 2.24) is 4.90 Å². The van der Waals surface area contributed by atoms with Crippen LogP contribution in [0.2, 0.25) is 5.02 Å². The topological polar surface area (TPSA) is 29.5 Å². The van der Waals surface area contributed by atoms with Crippen LogP contribution >= 0.6 is 11.6 Å². The van der Waals surface area contributed by atoms with Gasteiger partial charge in [0.25, 0.3) is 0 Å². The summed E-state index contributed by atoms with van der Waals surface area (Å²) in [5, 5.41) is 0.477. The van der Waals surface area contributed by atoms with Gasteiger partial charge in [0, 0.05) is 5.56 Å². The summed E-state index contributed by atoms with van der Waals surface area (Å²) in [4.78, 5) is 14.3. The number of hydrogen-bond donors (Lipinski definition) is 0. The lowest BCUT2D eigenvalue weighted by molar-refractivity contribution is 0.0933. The smallest absolute Gasteiger partial charge is 0.176 e. The summed E-state index contributed by atoms with van der Waals surface area (Å²) in [6.45, 7) is 6.51. The molecule has 1 aromatic rings. The summed E-state index contributed by atoms with van der Waals surface area (Å²) in [6, 6.07) is 5.18. The minimum Gasteiger partial charge on any atom is -0.495 e. The largest absolute Gasteiger partial charge is 0.495 e. The molecule has 0 spiro atoms. The Hall–Kier alpha value is -1.06. The van der Waals surface area contributed by atoms with Gasteiger partial charge in [0.15, 0.2) is 5.78 Å². The third-order valence-electron chi connectivity index (χ3n) is 3.12. The number of unbranched alkanes of at least 4 members (excludes halogenated alkanes) is 1. The van der Waals surface area contributed by atoms with E-state index in [2.05, 4.69) is 18.7 Å². The third-order valence-corrected chi connectivity index (χ3v) is 3.41. The van der Waals surface area contributed by atoms with Crippen molar-refractivity contribution in [3.05, 3.63) is 28.8 Å². The molecular formula is C15H22ClNO2. The molecule has 1 rings (SSSR count). The predicted octanol–water partition coefficient (Wildman–Crippen LogP) is 3.65. The number of nitrogens with zero attached hydrogens (tertiary/aromatic N) is 1. The van der Waals surface area contributed by atoms with Gasteiger partial charge < -0.3 is 4.74 Å². The highest BCUT2D eigenvalue weighted by Gasteiger charge is 2.12. The minimum absolute atomic E-state index is 0.0995. The molecule has 0 radical (unpaired) electrons. The van der Waals surface area contributed by atoms with Crippen LogP contribution in [-0.2, 0) is 0 Å². The van der Waals surface area contributed by atoms with Crippen molar-refractivity contribution in [2.24, 2.45) is 0 Å². The van der Waals surface area contributed by atoms with Crippen molar-refractivity contribution < 1.29 is 9.53 Å². The molecular weight excluding hydrogens is 262 g/mol. The molecule has 0 N–H and O–H groups in total. The molecule has 0 aliphatic heterocycles. The third kappa shape index (κ3) is 4.84. The van der Waals surface area contributed by atoms with Crippen LogP contribution in [0.4, 0.5) is 0 Å². The second-order valence-electron chi connectivity index (χ2n) is 4.49. The van der Waals surface area contributed by atoms with Gasteiger partial charge in [0.2, 0.25) is 0 Å². The van der Waals surface area contributed by atoms with Gasteiger partial charge in [-0.05, 0) is 37.7 Å². The zero-order valence-corrected chi connectivity index (χ0v) is 12.7. The summed E-state index contributed by atoms with van der Waals surface area (Å²) in [7, 11) is 1.56. The van der Waals surface area contributed by atoms with Gasteiger partial charge in [-0.25, -0.2) is 0 Å². The Bertz CT molecular complexity index is 421. The Morgan fingerprint density at radius 3 is 2.63 bits per heavy atom. The Labute approximate surface area is 120 Å². The van der Waals surface area contributed by atoms with Crippen molar-refractivity contribution >= 4 is 17.4 Å². The van der Waals surface area contributed by atoms with E-state index < -0.39 is 0 Å². The van der Waals surface area contributed by atoms with Crippen molar-refractivity contribution in [1.29, 1.82) is 0 Å². The highest BCUT2D eigenvalue weighted by Crippen LogP contribution is 2.25. The first-order valence-electron chi connectivity index (χ1n) is 6.71. The molecule has 0 aliphatic rings. The number of ether oxygens (including phenoxy) is 1. The fourth-order valence-electron chi connectivity index (χ4n) is 1.86. The summed E-state index contributed by atoms with van der Waals surface area (Å²) in [6.07, 6.45) is 2.25. The average molecular weight is 284 g/mol. The minimum atomic E-state index is 0.0995. The molecule has 106 valence electrons. The van der Waals surface area contributed by atoms with E-state index in [1.54, 1.807) is 25.3 Å². The quantitative estimate of drug-likeness (QED) is 0.682. The normalized spacial score (nSPS) is 10.8. The van der Waals surface area contributed by atoms with E-state index in [1.165, 1.54) is 0 Å². The van der Waals surface area contributed by atoms with Crippen LogP contribution in [0.3, 0.4) is 0 Å². The Morgan fingerprint density at radius 1 is 1.37 bits per heavy atom. The molecule has 0 saturated carbocycles. The number of likely N-dealkylation sites (N-methyl/N-ethyl adjacent to an activating group) is 1. The molecule has 0 saturated heterocycles. The second kappa shape index (κ2) is 8.18. The molecule has 0 aromatic heterocycles. The molecule has 0 fully saturated rings. The van der Waals surface area contributed by atoms with Crippen LogP contribution in [0.25, 0.3) is 0 Å². The lowest BCUT2D eigenvalue weighted by atomic mass is 10.1. The SMILES string of the molecule is CCCCN(CC)CC(=O)c1ccc(OC)c(Cl)c1. The van der Waals surface area contributed by atoms with Gasteiger partial charge in [-0.1, -0.05) is 31.9 Å². The Kier molecular flexibility index (Phi) is 6.89. The van der Waals surface area contributed by atoms with E-state index in [-0.39, 0.29) is 5.78 Å². The van der Waals surface area contributed by atoms with Crippen LogP contribution in [-0.4, -0.2) is 37.4 Å². The van der Waals surface area contributed by atoms with E-state index >= 15 is 0 Å². The molecule has 0 amide bonds. The summed E-state index contributed by atoms with van der Waals surface area (Å²) >= 11 is 6.04. The number of ketones is 1. The molecule has 0 heterocycles. The average Bonchev–Trinajstić information content (AvgIpc) is 2.43. The number of benzene rings is 1. The molecule has 4 heteroatoms. The standard InChI is InChI=1S/C15H22ClNO2/c1-4-6-9-17(5-2)11-14(18)12-7-8-15(19-3)13(16)10-12/h7-8,10H,4-6,9,11H2,1-3H3. The Morgan fingerprint density at radius 2 is 2.11 bits per heavy atom. The van der Waals surface area contributed by atoms with Crippen LogP contribution in [0.15, 0.2) is 18.2 Å². The molecule has 1 aromatic carbocycles. The predicted molar refractivity (Wildman–Crippen MR) is 79.4 cm³/mol. The number of carbonyl (C=O) groups is 1. The van der Waals surface area contributed by atoms with E-state index in [0.29, 0.717) is 22.9 Å². The van der Waals surface area contributed by atoms with Crippen LogP contribution in [0, 0.1) is 0 Å². The number of halogens is 1. The fourth-order valence-corrected chi connectivity index (χ4v) is 2.12. The van der Waals surface area contributed by atoms with Gasteiger partial charge in [-0.3, -0.25) is 9.69 Å². The van der Waals surface area contributed by atoms with E-state index in [1.807, 2.05) is 0 Å². The zero-order valence-electron chi connectivity index (χ0n) is 11.9. The van der Waals surface area contributed by atoms with E-state index in [9.17, 15) is 4.79 Å². The van der Waals surface area contributed by atoms with Crippen molar-refractivity contribution in [2.75, 3.05) is 26.7 Å². The molecule has 19 heavy (non-hydrogen) atoms. The van der Waals surface area contributed by atoms with Gasteiger partial charge in [-0.15, -0.1) is 0 Å². The highest BCUT2D eigenvalue weighted by atomic mass is 35.5. The monoisotopic (exact) mass is 283 g/mol. The second-order valence-corrected chi connectivity index (χ2v) is 4.90. The van der Waals surface area contributed by atoms with Crippen LogP contribution in [0.5, 0.6) is 5.75 Å². The Balaban J connectivity index is 2.69. The highest BCUT2D eigenvalue weighted by molar-refractivity contribution is 6.32. The summed E-state index contributed by atoms with van der Waals surface area (Å²) in [5.41, 5.74) is 0.640. The molecule has 0 atom stereocenters. The van der Waals surface area contributed by atoms with Gasteiger partial charge in [0.05, 0.1) is 18.7 Å².